The van der Waals surface area contributed by atoms with Crippen LogP contribution in [0.15, 0.2) is 211 Å². The number of thiophene rings is 1. The summed E-state index contributed by atoms with van der Waals surface area (Å²) in [6, 6.07) is 75.5. The normalized spacial score (nSPS) is 12.0. The van der Waals surface area contributed by atoms with Crippen LogP contribution in [0.25, 0.3) is 130 Å². The lowest BCUT2D eigenvalue weighted by Gasteiger charge is -2.19. The van der Waals surface area contributed by atoms with Gasteiger partial charge < -0.3 is 4.42 Å². The molecule has 11 aromatic carbocycles. The van der Waals surface area contributed by atoms with Gasteiger partial charge in [0.25, 0.3) is 0 Å². The first kappa shape index (κ1) is 33.5. The Balaban J connectivity index is 1.11. The summed E-state index contributed by atoms with van der Waals surface area (Å²) in [6.07, 6.45) is 0. The quantitative estimate of drug-likeness (QED) is 0.162. The lowest BCUT2D eigenvalue weighted by Crippen LogP contribution is -1.92. The summed E-state index contributed by atoms with van der Waals surface area (Å²) < 4.78 is 9.74. The third-order valence-electron chi connectivity index (χ3n) is 12.7. The third-order valence-corrected chi connectivity index (χ3v) is 13.8. The van der Waals surface area contributed by atoms with E-state index >= 15 is 0 Å². The van der Waals surface area contributed by atoms with Gasteiger partial charge in [-0.2, -0.15) is 0 Å². The molecule has 0 N–H and O–H groups in total. The summed E-state index contributed by atoms with van der Waals surface area (Å²) in [5.74, 6) is 0. The average molecular weight is 779 g/mol. The Morgan fingerprint density at radius 1 is 0.267 bits per heavy atom. The van der Waals surface area contributed by atoms with Crippen molar-refractivity contribution in [2.45, 2.75) is 0 Å². The molecule has 0 aliphatic rings. The molecule has 0 saturated carbocycles. The van der Waals surface area contributed by atoms with Crippen LogP contribution in [0.1, 0.15) is 0 Å². The Kier molecular flexibility index (Phi) is 7.24. The number of benzene rings is 11. The molecule has 60 heavy (non-hydrogen) atoms. The van der Waals surface area contributed by atoms with Crippen LogP contribution in [-0.2, 0) is 0 Å². The van der Waals surface area contributed by atoms with Crippen molar-refractivity contribution < 1.29 is 4.42 Å². The van der Waals surface area contributed by atoms with Crippen LogP contribution in [0.2, 0.25) is 0 Å². The predicted molar refractivity (Wildman–Crippen MR) is 258 cm³/mol. The molecule has 2 aromatic heterocycles. The van der Waals surface area contributed by atoms with E-state index in [9.17, 15) is 0 Å². The Morgan fingerprint density at radius 2 is 0.667 bits per heavy atom. The molecule has 0 aliphatic heterocycles. The van der Waals surface area contributed by atoms with Gasteiger partial charge in [0.1, 0.15) is 11.2 Å². The molecule has 0 aliphatic carbocycles. The number of hydrogen-bond acceptors (Lipinski definition) is 2. The first-order valence-corrected chi connectivity index (χ1v) is 21.4. The van der Waals surface area contributed by atoms with E-state index in [2.05, 4.69) is 206 Å². The molecule has 0 fully saturated rings. The van der Waals surface area contributed by atoms with Crippen molar-refractivity contribution in [3.8, 4) is 44.5 Å². The smallest absolute Gasteiger partial charge is 0.143 e. The fraction of sp³-hybridized carbons (Fsp3) is 0. The average Bonchev–Trinajstić information content (AvgIpc) is 3.90. The van der Waals surface area contributed by atoms with Gasteiger partial charge in [-0.15, -0.1) is 11.3 Å². The highest BCUT2D eigenvalue weighted by molar-refractivity contribution is 7.26. The summed E-state index contributed by atoms with van der Waals surface area (Å²) in [5, 5.41) is 14.7. The third kappa shape index (κ3) is 4.74. The Hall–Kier alpha value is -7.52. The molecule has 278 valence electrons. The molecule has 0 radical (unpaired) electrons. The maximum Gasteiger partial charge on any atom is 0.143 e. The number of para-hydroxylation sites is 1. The van der Waals surface area contributed by atoms with Crippen LogP contribution in [-0.4, -0.2) is 0 Å². The van der Waals surface area contributed by atoms with E-state index < -0.39 is 0 Å². The van der Waals surface area contributed by atoms with Crippen LogP contribution in [0.4, 0.5) is 0 Å². The van der Waals surface area contributed by atoms with Crippen LogP contribution in [0.3, 0.4) is 0 Å². The maximum absolute atomic E-state index is 7.11. The predicted octanol–water partition coefficient (Wildman–Crippen LogP) is 17.2. The van der Waals surface area contributed by atoms with Gasteiger partial charge in [-0.3, -0.25) is 0 Å². The van der Waals surface area contributed by atoms with Crippen molar-refractivity contribution in [2.24, 2.45) is 0 Å². The van der Waals surface area contributed by atoms with Gasteiger partial charge >= 0.3 is 0 Å². The van der Waals surface area contributed by atoms with E-state index in [1.165, 1.54) is 102 Å². The van der Waals surface area contributed by atoms with E-state index in [1.807, 2.05) is 11.3 Å². The second-order valence-corrected chi connectivity index (χ2v) is 16.9. The molecule has 0 amide bonds. The maximum atomic E-state index is 7.11. The Bertz CT molecular complexity index is 3770. The van der Waals surface area contributed by atoms with Gasteiger partial charge in [0.15, 0.2) is 0 Å². The second-order valence-electron chi connectivity index (χ2n) is 15.8. The van der Waals surface area contributed by atoms with E-state index in [0.29, 0.717) is 0 Å². The topological polar surface area (TPSA) is 13.1 Å². The minimum absolute atomic E-state index is 0.885. The number of fused-ring (bicyclic) bond motifs is 10. The van der Waals surface area contributed by atoms with Gasteiger partial charge in [-0.1, -0.05) is 188 Å². The van der Waals surface area contributed by atoms with E-state index in [4.69, 9.17) is 4.42 Å². The van der Waals surface area contributed by atoms with Crippen molar-refractivity contribution in [3.05, 3.63) is 206 Å². The van der Waals surface area contributed by atoms with Crippen LogP contribution >= 0.6 is 11.3 Å². The molecule has 0 spiro atoms. The van der Waals surface area contributed by atoms with Crippen LogP contribution < -0.4 is 0 Å². The van der Waals surface area contributed by atoms with Gasteiger partial charge in [0.2, 0.25) is 0 Å². The summed E-state index contributed by atoms with van der Waals surface area (Å²) in [4.78, 5) is 0. The van der Waals surface area contributed by atoms with Gasteiger partial charge in [0.05, 0.1) is 0 Å². The lowest BCUT2D eigenvalue weighted by atomic mass is 9.83. The van der Waals surface area contributed by atoms with Crippen molar-refractivity contribution in [3.63, 3.8) is 0 Å². The summed E-state index contributed by atoms with van der Waals surface area (Å²) in [6.45, 7) is 0. The fourth-order valence-electron chi connectivity index (χ4n) is 10.3. The largest absolute Gasteiger partial charge is 0.455 e. The van der Waals surface area contributed by atoms with Gasteiger partial charge in [-0.25, -0.2) is 0 Å². The molecule has 0 saturated heterocycles. The van der Waals surface area contributed by atoms with Crippen molar-refractivity contribution in [2.75, 3.05) is 0 Å². The first-order valence-electron chi connectivity index (χ1n) is 20.6. The van der Waals surface area contributed by atoms with Crippen molar-refractivity contribution in [1.82, 2.24) is 0 Å². The molecule has 13 rings (SSSR count). The highest BCUT2D eigenvalue weighted by atomic mass is 32.1. The molecular formula is C58H34OS. The van der Waals surface area contributed by atoms with Crippen molar-refractivity contribution >= 4 is 96.5 Å². The molecule has 13 aromatic rings. The fourth-order valence-corrected chi connectivity index (χ4v) is 11.4. The molecule has 0 bridgehead atoms. The molecule has 2 heteroatoms. The highest BCUT2D eigenvalue weighted by Crippen LogP contribution is 2.51. The first-order chi connectivity index (χ1) is 29.8. The molecule has 0 atom stereocenters. The van der Waals surface area contributed by atoms with Gasteiger partial charge in [0, 0.05) is 42.1 Å². The second kappa shape index (κ2) is 13.0. The zero-order valence-corrected chi connectivity index (χ0v) is 33.3. The zero-order chi connectivity index (χ0) is 39.3. The standard InChI is InChI=1S/C58H34OS/c1-2-17-35(18-3-1)52-36-19-4-6-21-38(36)55(39-22-7-5-20-37(39)52)47-30-14-31-48-56-45(28-15-32-49(56)59-58(47)48)53-40-23-8-10-25-42(40)54(43-26-11-9-24-41(43)53)46-29-16-34-51-57(46)44-27-12-13-33-50(44)60-51/h1-34H. The summed E-state index contributed by atoms with van der Waals surface area (Å²) in [7, 11) is 0. The monoisotopic (exact) mass is 778 g/mol. The molecule has 0 unspecified atom stereocenters. The summed E-state index contributed by atoms with van der Waals surface area (Å²) in [5.41, 5.74) is 11.5. The van der Waals surface area contributed by atoms with Crippen LogP contribution in [0, 0.1) is 0 Å². The Morgan fingerprint density at radius 3 is 1.25 bits per heavy atom. The summed E-state index contributed by atoms with van der Waals surface area (Å²) >= 11 is 1.87. The van der Waals surface area contributed by atoms with Crippen molar-refractivity contribution in [1.29, 1.82) is 0 Å². The number of furan rings is 1. The van der Waals surface area contributed by atoms with Crippen LogP contribution in [0.5, 0.6) is 0 Å². The zero-order valence-electron chi connectivity index (χ0n) is 32.4. The van der Waals surface area contributed by atoms with Gasteiger partial charge in [-0.05, 0) is 94.7 Å². The van der Waals surface area contributed by atoms with E-state index in [-0.39, 0.29) is 0 Å². The van der Waals surface area contributed by atoms with E-state index in [0.717, 1.165) is 27.5 Å². The number of rotatable bonds is 4. The SMILES string of the molecule is c1ccc(-c2c3ccccc3c(-c3cccc4c3oc3cccc(-c5c6ccccc6c(-c6cccc7sc8ccccc8c67)c6ccccc56)c34)c3ccccc23)cc1. The lowest BCUT2D eigenvalue weighted by molar-refractivity contribution is 0.670. The molecule has 1 nitrogen and oxygen atoms in total. The highest BCUT2D eigenvalue weighted by Gasteiger charge is 2.24. The molecular weight excluding hydrogens is 745 g/mol. The minimum atomic E-state index is 0.885. The molecule has 2 heterocycles. The minimum Gasteiger partial charge on any atom is -0.455 e. The Labute approximate surface area is 350 Å². The number of hydrogen-bond donors (Lipinski definition) is 0. The van der Waals surface area contributed by atoms with E-state index in [1.54, 1.807) is 0 Å².